The van der Waals surface area contributed by atoms with Crippen LogP contribution in [0.5, 0.6) is 0 Å². The number of aliphatic hydroxyl groups is 1. The number of hydrogen-bond donors (Lipinski definition) is 1. The van der Waals surface area contributed by atoms with Crippen LogP contribution in [0.3, 0.4) is 0 Å². The first-order chi connectivity index (χ1) is 19.1. The smallest absolute Gasteiger partial charge is 0.350 e. The van der Waals surface area contributed by atoms with Crippen molar-refractivity contribution in [1.29, 1.82) is 0 Å². The summed E-state index contributed by atoms with van der Waals surface area (Å²) in [6, 6.07) is 1.92. The van der Waals surface area contributed by atoms with Crippen molar-refractivity contribution in [1.82, 2.24) is 0 Å². The fourth-order valence-electron chi connectivity index (χ4n) is 5.65. The molecule has 2 aliphatic rings. The summed E-state index contributed by atoms with van der Waals surface area (Å²) in [5, 5.41) is 9.57. The molecule has 41 heavy (non-hydrogen) atoms. The molecule has 0 saturated heterocycles. The average Bonchev–Trinajstić information content (AvgIpc) is 3.31. The normalized spacial score (nSPS) is 23.9. The molecule has 0 spiro atoms. The first-order valence-corrected chi connectivity index (χ1v) is 19.2. The molecule has 0 aromatic carbocycles. The summed E-state index contributed by atoms with van der Waals surface area (Å²) in [7, 11) is -0.499. The zero-order valence-corrected chi connectivity index (χ0v) is 28.7. The summed E-state index contributed by atoms with van der Waals surface area (Å²) in [6.45, 7) is 17.7. The molecule has 0 atom stereocenters. The molecule has 2 saturated carbocycles. The summed E-state index contributed by atoms with van der Waals surface area (Å²) in [6.07, 6.45) is 8.16. The van der Waals surface area contributed by atoms with E-state index in [0.717, 1.165) is 56.2 Å². The molecule has 0 unspecified atom stereocenters. The van der Waals surface area contributed by atoms with Crippen LogP contribution in [0.25, 0.3) is 0 Å². The van der Waals surface area contributed by atoms with Gasteiger partial charge in [-0.25, -0.2) is 4.79 Å². The first kappa shape index (κ1) is 33.8. The largest absolute Gasteiger partial charge is 0.465 e. The summed E-state index contributed by atoms with van der Waals surface area (Å²) in [5.74, 6) is 6.81. The molecular formula is C33H53NO5SSi. The predicted molar refractivity (Wildman–Crippen MR) is 171 cm³/mol. The highest BCUT2D eigenvalue weighted by molar-refractivity contribution is 7.15. The molecule has 1 N–H and O–H groups in total. The van der Waals surface area contributed by atoms with Gasteiger partial charge in [0, 0.05) is 30.1 Å². The highest BCUT2D eigenvalue weighted by atomic mass is 32.1. The van der Waals surface area contributed by atoms with Crippen molar-refractivity contribution in [2.24, 2.45) is 17.3 Å². The molecule has 0 bridgehead atoms. The van der Waals surface area contributed by atoms with Crippen molar-refractivity contribution >= 4 is 37.2 Å². The van der Waals surface area contributed by atoms with E-state index in [-0.39, 0.29) is 41.0 Å². The van der Waals surface area contributed by atoms with Gasteiger partial charge >= 0.3 is 5.97 Å². The van der Waals surface area contributed by atoms with E-state index in [9.17, 15) is 14.7 Å². The molecule has 8 heteroatoms. The number of hydrogen-bond acceptors (Lipinski definition) is 6. The maximum absolute atomic E-state index is 14.3. The zero-order chi connectivity index (χ0) is 30.6. The number of amides is 1. The maximum Gasteiger partial charge on any atom is 0.350 e. The van der Waals surface area contributed by atoms with Gasteiger partial charge in [0.05, 0.1) is 17.7 Å². The van der Waals surface area contributed by atoms with Crippen LogP contribution in [0.2, 0.25) is 18.1 Å². The topological polar surface area (TPSA) is 76.1 Å². The number of nitrogens with zero attached hydrogens (tertiary/aromatic N) is 1. The van der Waals surface area contributed by atoms with E-state index >= 15 is 0 Å². The van der Waals surface area contributed by atoms with Crippen molar-refractivity contribution in [2.45, 2.75) is 130 Å². The molecule has 0 radical (unpaired) electrons. The third-order valence-electron chi connectivity index (χ3n) is 9.48. The first-order valence-electron chi connectivity index (χ1n) is 15.5. The Kier molecular flexibility index (Phi) is 11.3. The minimum atomic E-state index is -1.89. The van der Waals surface area contributed by atoms with Crippen LogP contribution in [0, 0.1) is 29.1 Å². The number of anilines is 1. The second-order valence-electron chi connectivity index (χ2n) is 14.4. The van der Waals surface area contributed by atoms with E-state index in [0.29, 0.717) is 22.9 Å². The van der Waals surface area contributed by atoms with Crippen LogP contribution >= 0.6 is 11.3 Å². The van der Waals surface area contributed by atoms with E-state index in [1.165, 1.54) is 18.4 Å². The van der Waals surface area contributed by atoms with Crippen LogP contribution in [0.4, 0.5) is 5.69 Å². The minimum absolute atomic E-state index is 0.00533. The fourth-order valence-corrected chi connectivity index (χ4v) is 7.99. The molecular weight excluding hydrogens is 551 g/mol. The SMILES string of the molecule is COC(=O)c1sc(C#CC(C)(C)CCO)cc1N(C(=O)[C@H]1CC[C@H](C)CC1)[C@H]1CC[C@H](O[Si](C)(C)C(C)(C)C)CC1. The molecule has 2 fully saturated rings. The molecule has 6 nitrogen and oxygen atoms in total. The number of aliphatic hydroxyl groups excluding tert-OH is 1. The lowest BCUT2D eigenvalue weighted by Gasteiger charge is -2.43. The number of methoxy groups -OCH3 is 1. The molecule has 1 aromatic rings. The average molecular weight is 604 g/mol. The molecule has 230 valence electrons. The van der Waals surface area contributed by atoms with Crippen LogP contribution < -0.4 is 4.90 Å². The summed E-state index contributed by atoms with van der Waals surface area (Å²) in [5.41, 5.74) is 0.282. The molecule has 1 amide bonds. The van der Waals surface area contributed by atoms with Crippen molar-refractivity contribution in [3.05, 3.63) is 15.8 Å². The number of esters is 1. The van der Waals surface area contributed by atoms with Gasteiger partial charge in [0.25, 0.3) is 0 Å². The molecule has 3 rings (SSSR count). The van der Waals surface area contributed by atoms with Gasteiger partial charge in [-0.3, -0.25) is 4.79 Å². The Morgan fingerprint density at radius 1 is 1.05 bits per heavy atom. The summed E-state index contributed by atoms with van der Waals surface area (Å²) < 4.78 is 12.0. The highest BCUT2D eigenvalue weighted by Gasteiger charge is 2.42. The lowest BCUT2D eigenvalue weighted by molar-refractivity contribution is -0.124. The van der Waals surface area contributed by atoms with Crippen molar-refractivity contribution in [3.8, 4) is 11.8 Å². The monoisotopic (exact) mass is 603 g/mol. The van der Waals surface area contributed by atoms with E-state index < -0.39 is 14.3 Å². The van der Waals surface area contributed by atoms with E-state index in [2.05, 4.69) is 52.6 Å². The van der Waals surface area contributed by atoms with Crippen molar-refractivity contribution in [2.75, 3.05) is 18.6 Å². The highest BCUT2D eigenvalue weighted by Crippen LogP contribution is 2.42. The Hall–Kier alpha value is -1.66. The van der Waals surface area contributed by atoms with Gasteiger partial charge in [-0.05, 0) is 102 Å². The Labute approximate surface area is 253 Å². The summed E-state index contributed by atoms with van der Waals surface area (Å²) in [4.78, 5) is 30.5. The van der Waals surface area contributed by atoms with Crippen molar-refractivity contribution < 1.29 is 23.9 Å². The van der Waals surface area contributed by atoms with Gasteiger partial charge in [-0.2, -0.15) is 0 Å². The third-order valence-corrected chi connectivity index (χ3v) is 15.0. The van der Waals surface area contributed by atoms with Crippen molar-refractivity contribution in [3.63, 3.8) is 0 Å². The van der Waals surface area contributed by atoms with Gasteiger partial charge < -0.3 is 19.2 Å². The van der Waals surface area contributed by atoms with Gasteiger partial charge in [-0.15, -0.1) is 11.3 Å². The van der Waals surface area contributed by atoms with E-state index in [1.54, 1.807) is 0 Å². The molecule has 1 heterocycles. The number of carbonyl (C=O) groups is 2. The van der Waals surface area contributed by atoms with Crippen LogP contribution in [-0.2, 0) is 14.0 Å². The van der Waals surface area contributed by atoms with Gasteiger partial charge in [0.15, 0.2) is 8.32 Å². The predicted octanol–water partition coefficient (Wildman–Crippen LogP) is 7.79. The Bertz CT molecular complexity index is 1110. The number of thiophene rings is 1. The lowest BCUT2D eigenvalue weighted by Crippen LogP contribution is -2.49. The minimum Gasteiger partial charge on any atom is -0.465 e. The Morgan fingerprint density at radius 3 is 2.20 bits per heavy atom. The number of carbonyl (C=O) groups excluding carboxylic acids is 2. The van der Waals surface area contributed by atoms with Gasteiger partial charge in [0.1, 0.15) is 4.88 Å². The Balaban J connectivity index is 1.96. The molecule has 2 aliphatic carbocycles. The summed E-state index contributed by atoms with van der Waals surface area (Å²) >= 11 is 1.30. The van der Waals surface area contributed by atoms with Gasteiger partial charge in [0.2, 0.25) is 5.91 Å². The lowest BCUT2D eigenvalue weighted by atomic mass is 9.81. The number of ether oxygens (including phenoxy) is 1. The third kappa shape index (κ3) is 8.69. The van der Waals surface area contributed by atoms with Gasteiger partial charge in [-0.1, -0.05) is 39.5 Å². The van der Waals surface area contributed by atoms with Crippen LogP contribution in [0.1, 0.15) is 114 Å². The standard InChI is InChI=1S/C33H53NO5SSi/c1-23-10-12-24(13-11-23)30(36)34(25-14-16-26(17-15-25)39-41(8,9)32(2,3)4)28-22-27(40-29(28)31(37)38-7)18-19-33(5,6)20-21-35/h22-26,35H,10-17,20-21H2,1-9H3/t23-,24-,25-,26-. The maximum atomic E-state index is 14.3. The van der Waals surface area contributed by atoms with E-state index in [1.807, 2.05) is 24.8 Å². The fraction of sp³-hybridized carbons (Fsp3) is 0.758. The number of rotatable bonds is 8. The van der Waals surface area contributed by atoms with Crippen LogP contribution in [-0.4, -0.2) is 51.2 Å². The second-order valence-corrected chi connectivity index (χ2v) is 20.2. The molecule has 0 aliphatic heterocycles. The Morgan fingerprint density at radius 2 is 1.66 bits per heavy atom. The zero-order valence-electron chi connectivity index (χ0n) is 26.9. The second kappa shape index (κ2) is 13.8. The quantitative estimate of drug-likeness (QED) is 0.187. The van der Waals surface area contributed by atoms with E-state index in [4.69, 9.17) is 9.16 Å². The van der Waals surface area contributed by atoms with Crippen LogP contribution in [0.15, 0.2) is 6.07 Å². The molecule has 1 aromatic heterocycles.